The van der Waals surface area contributed by atoms with E-state index >= 15 is 0 Å². The highest BCUT2D eigenvalue weighted by Gasteiger charge is 2.29. The smallest absolute Gasteiger partial charge is 0.228 e. The zero-order valence-corrected chi connectivity index (χ0v) is 13.3. The molecule has 110 valence electrons. The van der Waals surface area contributed by atoms with Gasteiger partial charge in [0.1, 0.15) is 0 Å². The molecule has 1 fully saturated rings. The molecule has 0 saturated carbocycles. The molecule has 3 nitrogen and oxygen atoms in total. The number of hydrogen-bond donors (Lipinski definition) is 0. The summed E-state index contributed by atoms with van der Waals surface area (Å²) in [5, 5.41) is 0.820. The summed E-state index contributed by atoms with van der Waals surface area (Å²) in [5.74, 6) is 0.245. The maximum atomic E-state index is 12.2. The summed E-state index contributed by atoms with van der Waals surface area (Å²) in [5.41, 5.74) is 0.870. The second-order valence-corrected chi connectivity index (χ2v) is 6.82. The van der Waals surface area contributed by atoms with E-state index in [0.29, 0.717) is 0 Å². The Kier molecular flexibility index (Phi) is 4.71. The van der Waals surface area contributed by atoms with Gasteiger partial charge in [-0.2, -0.15) is 0 Å². The number of carbonyl (C=O) groups is 1. The van der Waals surface area contributed by atoms with Crippen molar-refractivity contribution in [2.75, 3.05) is 26.2 Å². The van der Waals surface area contributed by atoms with Gasteiger partial charge in [0, 0.05) is 43.2 Å². The van der Waals surface area contributed by atoms with Crippen molar-refractivity contribution in [2.45, 2.75) is 27.3 Å². The highest BCUT2D eigenvalue weighted by atomic mass is 35.5. The maximum Gasteiger partial charge on any atom is 0.228 e. The van der Waals surface area contributed by atoms with Gasteiger partial charge in [-0.05, 0) is 11.6 Å². The molecule has 1 aromatic carbocycles. The van der Waals surface area contributed by atoms with Crippen LogP contribution in [0.15, 0.2) is 24.3 Å². The lowest BCUT2D eigenvalue weighted by atomic mass is 9.94. The minimum atomic E-state index is -0.287. The fraction of sp³-hybridized carbons (Fsp3) is 0.562. The first-order valence-corrected chi connectivity index (χ1v) is 7.51. The monoisotopic (exact) mass is 294 g/mol. The van der Waals surface area contributed by atoms with E-state index in [9.17, 15) is 4.79 Å². The number of carbonyl (C=O) groups excluding carboxylic acids is 1. The van der Waals surface area contributed by atoms with E-state index in [4.69, 9.17) is 11.6 Å². The standard InChI is InChI=1S/C16H23ClN2O/c1-16(2,3)15(20)19-10-8-18(9-11-19)12-13-6-4-5-7-14(13)17/h4-7H,8-12H2,1-3H3. The number of hydrogen-bond acceptors (Lipinski definition) is 2. The van der Waals surface area contributed by atoms with Crippen LogP contribution in [0.5, 0.6) is 0 Å². The average Bonchev–Trinajstić information content (AvgIpc) is 2.40. The van der Waals surface area contributed by atoms with Crippen LogP contribution in [-0.4, -0.2) is 41.9 Å². The molecule has 0 bridgehead atoms. The third-order valence-corrected chi connectivity index (χ3v) is 4.02. The van der Waals surface area contributed by atoms with Gasteiger partial charge in [0.25, 0.3) is 0 Å². The number of piperazine rings is 1. The minimum Gasteiger partial charge on any atom is -0.340 e. The van der Waals surface area contributed by atoms with Crippen LogP contribution in [0.4, 0.5) is 0 Å². The number of halogens is 1. The van der Waals surface area contributed by atoms with Crippen LogP contribution in [0.3, 0.4) is 0 Å². The van der Waals surface area contributed by atoms with Crippen molar-refractivity contribution < 1.29 is 4.79 Å². The van der Waals surface area contributed by atoms with Crippen molar-refractivity contribution in [1.82, 2.24) is 9.80 Å². The summed E-state index contributed by atoms with van der Waals surface area (Å²) < 4.78 is 0. The van der Waals surface area contributed by atoms with Gasteiger partial charge in [0.2, 0.25) is 5.91 Å². The molecule has 1 aliphatic rings. The molecule has 20 heavy (non-hydrogen) atoms. The van der Waals surface area contributed by atoms with E-state index in [1.54, 1.807) is 0 Å². The van der Waals surface area contributed by atoms with E-state index in [2.05, 4.69) is 11.0 Å². The van der Waals surface area contributed by atoms with Crippen molar-refractivity contribution in [3.05, 3.63) is 34.9 Å². The fourth-order valence-corrected chi connectivity index (χ4v) is 2.65. The topological polar surface area (TPSA) is 23.6 Å². The van der Waals surface area contributed by atoms with Gasteiger partial charge in [0.05, 0.1) is 0 Å². The lowest BCUT2D eigenvalue weighted by molar-refractivity contribution is -0.141. The third kappa shape index (κ3) is 3.74. The molecule has 4 heteroatoms. The predicted octanol–water partition coefficient (Wildman–Crippen LogP) is 3.03. The molecule has 0 aliphatic carbocycles. The van der Waals surface area contributed by atoms with E-state index in [-0.39, 0.29) is 11.3 Å². The predicted molar refractivity (Wildman–Crippen MR) is 82.8 cm³/mol. The highest BCUT2D eigenvalue weighted by Crippen LogP contribution is 2.21. The van der Waals surface area contributed by atoms with Crippen LogP contribution >= 0.6 is 11.6 Å². The van der Waals surface area contributed by atoms with E-state index in [1.165, 1.54) is 0 Å². The fourth-order valence-electron chi connectivity index (χ4n) is 2.45. The van der Waals surface area contributed by atoms with Crippen molar-refractivity contribution in [2.24, 2.45) is 5.41 Å². The van der Waals surface area contributed by atoms with Gasteiger partial charge in [-0.3, -0.25) is 9.69 Å². The molecular weight excluding hydrogens is 272 g/mol. The Morgan fingerprint density at radius 3 is 2.30 bits per heavy atom. The van der Waals surface area contributed by atoms with E-state index in [0.717, 1.165) is 43.3 Å². The van der Waals surface area contributed by atoms with Crippen molar-refractivity contribution in [1.29, 1.82) is 0 Å². The van der Waals surface area contributed by atoms with Crippen molar-refractivity contribution >= 4 is 17.5 Å². The zero-order valence-electron chi connectivity index (χ0n) is 12.5. The lowest BCUT2D eigenvalue weighted by Crippen LogP contribution is -2.51. The zero-order chi connectivity index (χ0) is 14.8. The molecular formula is C16H23ClN2O. The quantitative estimate of drug-likeness (QED) is 0.837. The maximum absolute atomic E-state index is 12.2. The van der Waals surface area contributed by atoms with Gasteiger partial charge in [0.15, 0.2) is 0 Å². The Morgan fingerprint density at radius 1 is 1.15 bits per heavy atom. The number of rotatable bonds is 2. The number of benzene rings is 1. The van der Waals surface area contributed by atoms with Crippen molar-refractivity contribution in [3.8, 4) is 0 Å². The SMILES string of the molecule is CC(C)(C)C(=O)N1CCN(Cc2ccccc2Cl)CC1. The molecule has 0 unspecified atom stereocenters. The third-order valence-electron chi connectivity index (χ3n) is 3.65. The second kappa shape index (κ2) is 6.15. The first-order chi connectivity index (χ1) is 9.38. The van der Waals surface area contributed by atoms with Gasteiger partial charge in [-0.15, -0.1) is 0 Å². The molecule has 0 aromatic heterocycles. The normalized spacial score (nSPS) is 17.3. The Balaban J connectivity index is 1.89. The molecule has 1 aliphatic heterocycles. The van der Waals surface area contributed by atoms with Crippen LogP contribution < -0.4 is 0 Å². The molecule has 0 N–H and O–H groups in total. The van der Waals surface area contributed by atoms with Gasteiger partial charge >= 0.3 is 0 Å². The molecule has 1 aromatic rings. The van der Waals surface area contributed by atoms with Gasteiger partial charge < -0.3 is 4.90 Å². The minimum absolute atomic E-state index is 0.245. The summed E-state index contributed by atoms with van der Waals surface area (Å²) in [6.45, 7) is 10.2. The summed E-state index contributed by atoms with van der Waals surface area (Å²) >= 11 is 6.19. The molecule has 0 spiro atoms. The second-order valence-electron chi connectivity index (χ2n) is 6.41. The van der Waals surface area contributed by atoms with Crippen LogP contribution in [0.2, 0.25) is 5.02 Å². The number of amides is 1. The Hall–Kier alpha value is -1.06. The van der Waals surface area contributed by atoms with Gasteiger partial charge in [-0.1, -0.05) is 50.6 Å². The van der Waals surface area contributed by atoms with Crippen LogP contribution in [0, 0.1) is 5.41 Å². The van der Waals surface area contributed by atoms with E-state index in [1.807, 2.05) is 43.9 Å². The lowest BCUT2D eigenvalue weighted by Gasteiger charge is -2.37. The summed E-state index contributed by atoms with van der Waals surface area (Å²) in [6, 6.07) is 7.96. The number of nitrogens with zero attached hydrogens (tertiary/aromatic N) is 2. The first kappa shape index (κ1) is 15.3. The van der Waals surface area contributed by atoms with Gasteiger partial charge in [-0.25, -0.2) is 0 Å². The Morgan fingerprint density at radius 2 is 1.75 bits per heavy atom. The van der Waals surface area contributed by atoms with Crippen LogP contribution in [0.1, 0.15) is 26.3 Å². The molecule has 0 atom stereocenters. The van der Waals surface area contributed by atoms with Crippen LogP contribution in [0.25, 0.3) is 0 Å². The first-order valence-electron chi connectivity index (χ1n) is 7.13. The molecule has 0 radical (unpaired) electrons. The van der Waals surface area contributed by atoms with E-state index < -0.39 is 0 Å². The summed E-state index contributed by atoms with van der Waals surface area (Å²) in [4.78, 5) is 16.6. The van der Waals surface area contributed by atoms with Crippen molar-refractivity contribution in [3.63, 3.8) is 0 Å². The molecule has 2 rings (SSSR count). The highest BCUT2D eigenvalue weighted by molar-refractivity contribution is 6.31. The summed E-state index contributed by atoms with van der Waals surface area (Å²) in [7, 11) is 0. The molecule has 1 amide bonds. The summed E-state index contributed by atoms with van der Waals surface area (Å²) in [6.07, 6.45) is 0. The molecule has 1 heterocycles. The Bertz CT molecular complexity index is 474. The Labute approximate surface area is 126 Å². The molecule has 1 saturated heterocycles. The largest absolute Gasteiger partial charge is 0.340 e. The van der Waals surface area contributed by atoms with Crippen LogP contribution in [-0.2, 0) is 11.3 Å². The average molecular weight is 295 g/mol.